The standard InChI is InChI=1S/C15H20N4O2/c1-14(2,3)21-13(20)19-11-9-7-6-8-10(11)12(17-18-16)15(19,4)5/h6-9,12H,1-5H3/t12-/m0/s1. The van der Waals surface area contributed by atoms with Gasteiger partial charge in [-0.3, -0.25) is 4.90 Å². The van der Waals surface area contributed by atoms with E-state index in [1.165, 1.54) is 0 Å². The first-order valence-corrected chi connectivity index (χ1v) is 6.85. The number of anilines is 1. The zero-order chi connectivity index (χ0) is 15.8. The molecule has 0 saturated heterocycles. The van der Waals surface area contributed by atoms with Gasteiger partial charge < -0.3 is 4.74 Å². The van der Waals surface area contributed by atoms with E-state index in [0.29, 0.717) is 0 Å². The van der Waals surface area contributed by atoms with Gasteiger partial charge in [-0.15, -0.1) is 0 Å². The highest BCUT2D eigenvalue weighted by molar-refractivity contribution is 5.93. The Labute approximate surface area is 124 Å². The summed E-state index contributed by atoms with van der Waals surface area (Å²) < 4.78 is 5.49. The molecule has 0 aliphatic carbocycles. The molecule has 21 heavy (non-hydrogen) atoms. The highest BCUT2D eigenvalue weighted by Gasteiger charge is 2.48. The van der Waals surface area contributed by atoms with E-state index in [2.05, 4.69) is 10.0 Å². The lowest BCUT2D eigenvalue weighted by Crippen LogP contribution is -2.48. The van der Waals surface area contributed by atoms with Gasteiger partial charge in [-0.05, 0) is 51.8 Å². The van der Waals surface area contributed by atoms with Gasteiger partial charge in [0.2, 0.25) is 0 Å². The van der Waals surface area contributed by atoms with E-state index < -0.39 is 23.3 Å². The predicted octanol–water partition coefficient (Wildman–Crippen LogP) is 4.57. The van der Waals surface area contributed by atoms with Gasteiger partial charge in [-0.2, -0.15) is 0 Å². The second-order valence-electron chi connectivity index (χ2n) is 6.64. The van der Waals surface area contributed by atoms with Gasteiger partial charge in [0.05, 0.1) is 17.3 Å². The van der Waals surface area contributed by atoms with Crippen LogP contribution in [-0.2, 0) is 4.74 Å². The van der Waals surface area contributed by atoms with E-state index in [9.17, 15) is 4.79 Å². The fourth-order valence-electron chi connectivity index (χ4n) is 2.63. The molecule has 0 N–H and O–H groups in total. The van der Waals surface area contributed by atoms with Gasteiger partial charge in [0.25, 0.3) is 0 Å². The number of para-hydroxylation sites is 1. The monoisotopic (exact) mass is 288 g/mol. The van der Waals surface area contributed by atoms with Gasteiger partial charge >= 0.3 is 6.09 Å². The van der Waals surface area contributed by atoms with Gasteiger partial charge in [-0.25, -0.2) is 4.79 Å². The van der Waals surface area contributed by atoms with E-state index in [1.54, 1.807) is 4.90 Å². The summed E-state index contributed by atoms with van der Waals surface area (Å²) in [5, 5.41) is 3.88. The molecule has 1 atom stereocenters. The summed E-state index contributed by atoms with van der Waals surface area (Å²) in [4.78, 5) is 17.1. The molecule has 0 saturated carbocycles. The Morgan fingerprint density at radius 1 is 1.38 bits per heavy atom. The zero-order valence-corrected chi connectivity index (χ0v) is 13.0. The molecule has 1 aromatic rings. The van der Waals surface area contributed by atoms with Crippen molar-refractivity contribution in [1.82, 2.24) is 0 Å². The molecule has 0 bridgehead atoms. The van der Waals surface area contributed by atoms with Crippen LogP contribution < -0.4 is 4.90 Å². The third-order valence-electron chi connectivity index (χ3n) is 3.46. The van der Waals surface area contributed by atoms with Crippen LogP contribution in [0.5, 0.6) is 0 Å². The Bertz CT molecular complexity index is 612. The molecule has 0 fully saturated rings. The van der Waals surface area contributed by atoms with E-state index in [0.717, 1.165) is 11.3 Å². The summed E-state index contributed by atoms with van der Waals surface area (Å²) in [6, 6.07) is 7.00. The number of azide groups is 1. The van der Waals surface area contributed by atoms with Crippen LogP contribution in [0.1, 0.15) is 46.2 Å². The van der Waals surface area contributed by atoms with Crippen molar-refractivity contribution < 1.29 is 9.53 Å². The maximum atomic E-state index is 12.6. The third-order valence-corrected chi connectivity index (χ3v) is 3.46. The largest absolute Gasteiger partial charge is 0.443 e. The molecule has 1 amide bonds. The number of benzene rings is 1. The topological polar surface area (TPSA) is 78.3 Å². The van der Waals surface area contributed by atoms with Crippen molar-refractivity contribution in [2.75, 3.05) is 4.90 Å². The van der Waals surface area contributed by atoms with Crippen molar-refractivity contribution in [1.29, 1.82) is 0 Å². The molecule has 1 aliphatic rings. The Balaban J connectivity index is 2.51. The maximum Gasteiger partial charge on any atom is 0.415 e. The van der Waals surface area contributed by atoms with Crippen LogP contribution in [0.15, 0.2) is 29.4 Å². The minimum absolute atomic E-state index is 0.435. The van der Waals surface area contributed by atoms with Crippen molar-refractivity contribution in [2.45, 2.75) is 51.8 Å². The average molecular weight is 288 g/mol. The lowest BCUT2D eigenvalue weighted by molar-refractivity contribution is 0.0546. The fourth-order valence-corrected chi connectivity index (χ4v) is 2.63. The van der Waals surface area contributed by atoms with Crippen LogP contribution in [-0.4, -0.2) is 17.2 Å². The lowest BCUT2D eigenvalue weighted by atomic mass is 9.93. The Kier molecular flexibility index (Phi) is 3.59. The highest BCUT2D eigenvalue weighted by Crippen LogP contribution is 2.48. The van der Waals surface area contributed by atoms with E-state index in [4.69, 9.17) is 10.3 Å². The number of fused-ring (bicyclic) bond motifs is 1. The minimum atomic E-state index is -0.682. The minimum Gasteiger partial charge on any atom is -0.443 e. The Morgan fingerprint density at radius 2 is 2.00 bits per heavy atom. The number of hydrogen-bond acceptors (Lipinski definition) is 3. The SMILES string of the molecule is CC(C)(C)OC(=O)N1c2ccccc2[C@H](N=[N+]=[N-])C1(C)C. The zero-order valence-electron chi connectivity index (χ0n) is 13.0. The molecule has 0 unspecified atom stereocenters. The third kappa shape index (κ3) is 2.67. The van der Waals surface area contributed by atoms with Crippen molar-refractivity contribution in [3.8, 4) is 0 Å². The summed E-state index contributed by atoms with van der Waals surface area (Å²) in [6.45, 7) is 9.22. The van der Waals surface area contributed by atoms with Crippen LogP contribution in [0.3, 0.4) is 0 Å². The summed E-state index contributed by atoms with van der Waals surface area (Å²) in [5.74, 6) is 0. The van der Waals surface area contributed by atoms with E-state index in [-0.39, 0.29) is 0 Å². The number of carbonyl (C=O) groups excluding carboxylic acids is 1. The molecule has 2 rings (SSSR count). The molecular weight excluding hydrogens is 268 g/mol. The second-order valence-corrected chi connectivity index (χ2v) is 6.64. The molecule has 6 nitrogen and oxygen atoms in total. The number of ether oxygens (including phenoxy) is 1. The molecule has 0 spiro atoms. The molecule has 0 radical (unpaired) electrons. The second kappa shape index (κ2) is 4.97. The van der Waals surface area contributed by atoms with Crippen LogP contribution in [0, 0.1) is 0 Å². The Hall–Kier alpha value is -2.20. The van der Waals surface area contributed by atoms with Crippen LogP contribution in [0.25, 0.3) is 10.4 Å². The molecule has 112 valence electrons. The van der Waals surface area contributed by atoms with E-state index >= 15 is 0 Å². The molecule has 1 aliphatic heterocycles. The first-order valence-electron chi connectivity index (χ1n) is 6.85. The normalized spacial score (nSPS) is 19.7. The lowest BCUT2D eigenvalue weighted by Gasteiger charge is -2.35. The van der Waals surface area contributed by atoms with Gasteiger partial charge in [0, 0.05) is 4.91 Å². The number of carbonyl (C=O) groups is 1. The fraction of sp³-hybridized carbons (Fsp3) is 0.533. The highest BCUT2D eigenvalue weighted by atomic mass is 16.6. The molecule has 1 heterocycles. The first-order chi connectivity index (χ1) is 9.68. The number of amides is 1. The van der Waals surface area contributed by atoms with Gasteiger partial charge in [0.15, 0.2) is 0 Å². The van der Waals surface area contributed by atoms with Gasteiger partial charge in [0.1, 0.15) is 5.60 Å². The predicted molar refractivity (Wildman–Crippen MR) is 81.1 cm³/mol. The quantitative estimate of drug-likeness (QED) is 0.431. The molecular formula is C15H20N4O2. The van der Waals surface area contributed by atoms with Crippen LogP contribution >= 0.6 is 0 Å². The number of hydrogen-bond donors (Lipinski definition) is 0. The summed E-state index contributed by atoms with van der Waals surface area (Å²) >= 11 is 0. The number of nitrogens with zero attached hydrogens (tertiary/aromatic N) is 4. The molecule has 1 aromatic carbocycles. The summed E-state index contributed by atoms with van der Waals surface area (Å²) in [5.41, 5.74) is 9.12. The van der Waals surface area contributed by atoms with Crippen molar-refractivity contribution in [3.05, 3.63) is 40.3 Å². The Morgan fingerprint density at radius 3 is 2.57 bits per heavy atom. The smallest absolute Gasteiger partial charge is 0.415 e. The van der Waals surface area contributed by atoms with Crippen LogP contribution in [0.2, 0.25) is 0 Å². The van der Waals surface area contributed by atoms with Gasteiger partial charge in [-0.1, -0.05) is 23.3 Å². The molecule has 0 aromatic heterocycles. The summed E-state index contributed by atoms with van der Waals surface area (Å²) in [7, 11) is 0. The number of rotatable bonds is 1. The van der Waals surface area contributed by atoms with Crippen LogP contribution in [0.4, 0.5) is 10.5 Å². The van der Waals surface area contributed by atoms with E-state index in [1.807, 2.05) is 58.9 Å². The molecule has 6 heteroatoms. The van der Waals surface area contributed by atoms with Crippen molar-refractivity contribution in [2.24, 2.45) is 5.11 Å². The van der Waals surface area contributed by atoms with Crippen molar-refractivity contribution in [3.63, 3.8) is 0 Å². The average Bonchev–Trinajstić information content (AvgIpc) is 2.56. The maximum absolute atomic E-state index is 12.6. The first kappa shape index (κ1) is 15.2. The summed E-state index contributed by atoms with van der Waals surface area (Å²) in [6.07, 6.45) is -0.435. The van der Waals surface area contributed by atoms with Crippen molar-refractivity contribution >= 4 is 11.8 Å².